The number of unbranched alkanes of at least 4 members (excludes halogenated alkanes) is 24. The SMILES string of the molecule is CCCCCCCCCCCCCCCCCC[N+](CC)(CCC)CCCCCCCCCCCC. The van der Waals surface area contributed by atoms with Crippen molar-refractivity contribution in [3.63, 3.8) is 0 Å². The van der Waals surface area contributed by atoms with E-state index in [0.29, 0.717) is 0 Å². The zero-order valence-electron chi connectivity index (χ0n) is 26.4. The summed E-state index contributed by atoms with van der Waals surface area (Å²) in [6.45, 7) is 15.1. The van der Waals surface area contributed by atoms with Crippen LogP contribution in [0.3, 0.4) is 0 Å². The van der Waals surface area contributed by atoms with Gasteiger partial charge >= 0.3 is 0 Å². The maximum absolute atomic E-state index is 2.46. The number of hydrogen-bond donors (Lipinski definition) is 0. The highest BCUT2D eigenvalue weighted by Crippen LogP contribution is 2.18. The molecule has 0 aromatic heterocycles. The first-order chi connectivity index (χ1) is 17.7. The van der Waals surface area contributed by atoms with Gasteiger partial charge in [-0.1, -0.05) is 162 Å². The van der Waals surface area contributed by atoms with Gasteiger partial charge in [0.05, 0.1) is 26.2 Å². The van der Waals surface area contributed by atoms with Crippen molar-refractivity contribution in [2.24, 2.45) is 0 Å². The Labute approximate surface area is 231 Å². The van der Waals surface area contributed by atoms with Crippen LogP contribution < -0.4 is 0 Å². The summed E-state index contributed by atoms with van der Waals surface area (Å²) in [6.07, 6.45) is 39.5. The summed E-state index contributed by atoms with van der Waals surface area (Å²) in [4.78, 5) is 0. The van der Waals surface area contributed by atoms with E-state index in [2.05, 4.69) is 27.7 Å². The number of nitrogens with zero attached hydrogens (tertiary/aromatic N) is 1. The third kappa shape index (κ3) is 24.3. The lowest BCUT2D eigenvalue weighted by Gasteiger charge is -2.38. The van der Waals surface area contributed by atoms with E-state index in [1.807, 2.05) is 0 Å². The molecule has 0 N–H and O–H groups in total. The molecule has 1 unspecified atom stereocenters. The van der Waals surface area contributed by atoms with Gasteiger partial charge in [0.1, 0.15) is 0 Å². The molecule has 0 saturated carbocycles. The van der Waals surface area contributed by atoms with Crippen LogP contribution in [0.5, 0.6) is 0 Å². The van der Waals surface area contributed by atoms with Gasteiger partial charge in [-0.25, -0.2) is 0 Å². The maximum atomic E-state index is 2.46. The van der Waals surface area contributed by atoms with Crippen LogP contribution in [0.2, 0.25) is 0 Å². The number of quaternary nitrogens is 1. The minimum atomic E-state index is 1.35. The molecular formula is C35H74N+. The lowest BCUT2D eigenvalue weighted by atomic mass is 10.0. The van der Waals surface area contributed by atoms with Crippen LogP contribution >= 0.6 is 0 Å². The summed E-state index contributed by atoms with van der Waals surface area (Å²) in [6, 6.07) is 0. The minimum absolute atomic E-state index is 1.35. The van der Waals surface area contributed by atoms with Gasteiger partial charge in [-0.15, -0.1) is 0 Å². The zero-order valence-corrected chi connectivity index (χ0v) is 26.4. The van der Waals surface area contributed by atoms with Gasteiger partial charge in [-0.05, 0) is 39.0 Å². The molecule has 1 heteroatoms. The van der Waals surface area contributed by atoms with Crippen LogP contribution in [0.25, 0.3) is 0 Å². The van der Waals surface area contributed by atoms with E-state index in [1.165, 1.54) is 204 Å². The third-order valence-electron chi connectivity index (χ3n) is 8.84. The van der Waals surface area contributed by atoms with Crippen LogP contribution in [0.15, 0.2) is 0 Å². The highest BCUT2D eigenvalue weighted by molar-refractivity contribution is 4.53. The summed E-state index contributed by atoms with van der Waals surface area (Å²) in [5.74, 6) is 0. The van der Waals surface area contributed by atoms with Crippen LogP contribution in [-0.4, -0.2) is 30.7 Å². The van der Waals surface area contributed by atoms with Crippen molar-refractivity contribution in [1.29, 1.82) is 0 Å². The predicted molar refractivity (Wildman–Crippen MR) is 167 cm³/mol. The van der Waals surface area contributed by atoms with E-state index >= 15 is 0 Å². The second kappa shape index (κ2) is 29.5. The van der Waals surface area contributed by atoms with Crippen LogP contribution in [0.4, 0.5) is 0 Å². The second-order valence-corrected chi connectivity index (χ2v) is 12.3. The molecule has 1 nitrogen and oxygen atoms in total. The summed E-state index contributed by atoms with van der Waals surface area (Å²) in [5, 5.41) is 0. The quantitative estimate of drug-likeness (QED) is 0.0645. The largest absolute Gasteiger partial charge is 0.324 e. The third-order valence-corrected chi connectivity index (χ3v) is 8.84. The average molecular weight is 509 g/mol. The van der Waals surface area contributed by atoms with Gasteiger partial charge in [-0.2, -0.15) is 0 Å². The van der Waals surface area contributed by atoms with E-state index < -0.39 is 0 Å². The summed E-state index contributed by atoms with van der Waals surface area (Å²) in [7, 11) is 0. The average Bonchev–Trinajstić information content (AvgIpc) is 2.89. The van der Waals surface area contributed by atoms with Crippen molar-refractivity contribution in [2.75, 3.05) is 26.2 Å². The van der Waals surface area contributed by atoms with Crippen LogP contribution in [-0.2, 0) is 0 Å². The lowest BCUT2D eigenvalue weighted by Crippen LogP contribution is -2.49. The van der Waals surface area contributed by atoms with Crippen molar-refractivity contribution in [2.45, 2.75) is 201 Å². The molecule has 0 fully saturated rings. The summed E-state index contributed by atoms with van der Waals surface area (Å²) in [5.41, 5.74) is 0. The molecule has 0 amide bonds. The summed E-state index contributed by atoms with van der Waals surface area (Å²) >= 11 is 0. The molecule has 1 atom stereocenters. The first kappa shape index (κ1) is 36.0. The van der Waals surface area contributed by atoms with E-state index in [-0.39, 0.29) is 0 Å². The van der Waals surface area contributed by atoms with Crippen molar-refractivity contribution < 1.29 is 4.48 Å². The minimum Gasteiger partial charge on any atom is -0.324 e. The molecule has 0 aliphatic rings. The molecule has 36 heavy (non-hydrogen) atoms. The lowest BCUT2D eigenvalue weighted by molar-refractivity contribution is -0.927. The van der Waals surface area contributed by atoms with E-state index in [9.17, 15) is 0 Å². The molecule has 0 saturated heterocycles. The molecule has 0 heterocycles. The summed E-state index contributed by atoms with van der Waals surface area (Å²) < 4.78 is 1.41. The van der Waals surface area contributed by atoms with Crippen molar-refractivity contribution in [3.05, 3.63) is 0 Å². The van der Waals surface area contributed by atoms with Gasteiger partial charge in [0.15, 0.2) is 0 Å². The Morgan fingerprint density at radius 1 is 0.250 bits per heavy atom. The molecule has 0 aromatic carbocycles. The Kier molecular flexibility index (Phi) is 29.5. The van der Waals surface area contributed by atoms with Gasteiger partial charge in [-0.3, -0.25) is 0 Å². The standard InChI is InChI=1S/C35H74N/c1-5-9-11-13-15-17-19-20-21-22-23-24-26-28-30-32-35-36(8-4,33-7-3)34-31-29-27-25-18-16-14-12-10-6-2/h5-35H2,1-4H3/q+1. The van der Waals surface area contributed by atoms with E-state index in [1.54, 1.807) is 0 Å². The van der Waals surface area contributed by atoms with Crippen molar-refractivity contribution in [1.82, 2.24) is 0 Å². The fraction of sp³-hybridized carbons (Fsp3) is 1.00. The molecule has 0 aliphatic carbocycles. The Morgan fingerprint density at radius 3 is 0.722 bits per heavy atom. The fourth-order valence-electron chi connectivity index (χ4n) is 6.21. The molecule has 0 rings (SSSR count). The van der Waals surface area contributed by atoms with Crippen molar-refractivity contribution >= 4 is 0 Å². The Morgan fingerprint density at radius 2 is 0.500 bits per heavy atom. The normalized spacial score (nSPS) is 13.3. The topological polar surface area (TPSA) is 0 Å². The molecule has 0 aromatic rings. The molecule has 0 spiro atoms. The van der Waals surface area contributed by atoms with Gasteiger partial charge in [0.25, 0.3) is 0 Å². The highest BCUT2D eigenvalue weighted by atomic mass is 15.3. The Hall–Kier alpha value is -0.0400. The van der Waals surface area contributed by atoms with E-state index in [4.69, 9.17) is 0 Å². The highest BCUT2D eigenvalue weighted by Gasteiger charge is 2.23. The second-order valence-electron chi connectivity index (χ2n) is 12.3. The molecule has 0 aliphatic heterocycles. The van der Waals surface area contributed by atoms with Gasteiger partial charge in [0, 0.05) is 0 Å². The first-order valence-electron chi connectivity index (χ1n) is 17.6. The smallest absolute Gasteiger partial charge is 0.0786 e. The Balaban J connectivity index is 3.64. The first-order valence-corrected chi connectivity index (χ1v) is 17.6. The van der Waals surface area contributed by atoms with Crippen molar-refractivity contribution in [3.8, 4) is 0 Å². The number of rotatable bonds is 31. The number of hydrogen-bond acceptors (Lipinski definition) is 0. The molecule has 0 bridgehead atoms. The fourth-order valence-corrected chi connectivity index (χ4v) is 6.21. The van der Waals surface area contributed by atoms with E-state index in [0.717, 1.165) is 0 Å². The maximum Gasteiger partial charge on any atom is 0.0786 e. The van der Waals surface area contributed by atoms with Crippen LogP contribution in [0.1, 0.15) is 201 Å². The zero-order chi connectivity index (χ0) is 26.4. The van der Waals surface area contributed by atoms with Crippen LogP contribution in [0, 0.1) is 0 Å². The van der Waals surface area contributed by atoms with Gasteiger partial charge in [0.2, 0.25) is 0 Å². The molecule has 0 radical (unpaired) electrons. The Bertz CT molecular complexity index is 392. The monoisotopic (exact) mass is 509 g/mol. The predicted octanol–water partition coefficient (Wildman–Crippen LogP) is 12.4. The van der Waals surface area contributed by atoms with Gasteiger partial charge < -0.3 is 4.48 Å². The molecular weight excluding hydrogens is 434 g/mol. The molecule has 218 valence electrons.